The van der Waals surface area contributed by atoms with Crippen LogP contribution in [0.4, 0.5) is 0 Å². The van der Waals surface area contributed by atoms with Crippen LogP contribution >= 0.6 is 15.9 Å². The van der Waals surface area contributed by atoms with Gasteiger partial charge in [-0.05, 0) is 59.4 Å². The van der Waals surface area contributed by atoms with Gasteiger partial charge in [-0.3, -0.25) is 0 Å². The minimum atomic E-state index is 0.373. The van der Waals surface area contributed by atoms with Gasteiger partial charge in [0, 0.05) is 19.8 Å². The molecule has 0 aliphatic rings. The molecular weight excluding hydrogens is 306 g/mol. The average molecular weight is 330 g/mol. The lowest BCUT2D eigenvalue weighted by atomic mass is 10.0. The van der Waals surface area contributed by atoms with Gasteiger partial charge in [-0.15, -0.1) is 0 Å². The molecule has 19 heavy (non-hydrogen) atoms. The first-order valence-electron chi connectivity index (χ1n) is 6.78. The summed E-state index contributed by atoms with van der Waals surface area (Å²) in [5.41, 5.74) is 1.29. The summed E-state index contributed by atoms with van der Waals surface area (Å²) in [5, 5.41) is 3.59. The fraction of sp³-hybridized carbons (Fsp3) is 0.600. The molecule has 1 aromatic rings. The van der Waals surface area contributed by atoms with Crippen LogP contribution in [0.1, 0.15) is 37.8 Å². The van der Waals surface area contributed by atoms with Crippen molar-refractivity contribution in [2.75, 3.05) is 27.4 Å². The first-order chi connectivity index (χ1) is 9.22. The Bertz CT molecular complexity index is 371. The van der Waals surface area contributed by atoms with Crippen molar-refractivity contribution in [3.8, 4) is 5.75 Å². The number of rotatable bonds is 9. The second-order valence-corrected chi connectivity index (χ2v) is 5.39. The van der Waals surface area contributed by atoms with Crippen molar-refractivity contribution >= 4 is 15.9 Å². The van der Waals surface area contributed by atoms with Crippen molar-refractivity contribution in [3.05, 3.63) is 28.2 Å². The highest BCUT2D eigenvalue weighted by Crippen LogP contribution is 2.29. The molecule has 0 spiro atoms. The molecule has 0 amide bonds. The largest absolute Gasteiger partial charge is 0.496 e. The lowest BCUT2D eigenvalue weighted by molar-refractivity contribution is 0.188. The first kappa shape index (κ1) is 16.5. The van der Waals surface area contributed by atoms with Crippen molar-refractivity contribution in [2.24, 2.45) is 0 Å². The summed E-state index contributed by atoms with van der Waals surface area (Å²) in [6, 6.07) is 6.65. The minimum absolute atomic E-state index is 0.373. The fourth-order valence-corrected chi connectivity index (χ4v) is 2.59. The van der Waals surface area contributed by atoms with E-state index >= 15 is 0 Å². The van der Waals surface area contributed by atoms with Crippen LogP contribution in [0.5, 0.6) is 5.75 Å². The quantitative estimate of drug-likeness (QED) is 0.696. The van der Waals surface area contributed by atoms with Gasteiger partial charge in [0.15, 0.2) is 0 Å². The normalized spacial score (nSPS) is 12.4. The molecule has 0 heterocycles. The van der Waals surface area contributed by atoms with Crippen molar-refractivity contribution in [1.82, 2.24) is 5.32 Å². The van der Waals surface area contributed by atoms with Gasteiger partial charge in [-0.1, -0.05) is 13.0 Å². The number of halogens is 1. The smallest absolute Gasteiger partial charge is 0.133 e. The molecule has 1 N–H and O–H groups in total. The molecule has 1 atom stereocenters. The maximum atomic E-state index is 5.27. The summed E-state index contributed by atoms with van der Waals surface area (Å²) < 4.78 is 11.4. The molecule has 0 saturated carbocycles. The van der Waals surface area contributed by atoms with E-state index in [1.165, 1.54) is 5.56 Å². The Balaban J connectivity index is 2.74. The number of methoxy groups -OCH3 is 2. The van der Waals surface area contributed by atoms with Gasteiger partial charge in [-0.25, -0.2) is 0 Å². The van der Waals surface area contributed by atoms with Crippen molar-refractivity contribution in [3.63, 3.8) is 0 Å². The van der Waals surface area contributed by atoms with Crippen LogP contribution in [0.25, 0.3) is 0 Å². The van der Waals surface area contributed by atoms with Crippen LogP contribution in [0.2, 0.25) is 0 Å². The van der Waals surface area contributed by atoms with E-state index < -0.39 is 0 Å². The highest BCUT2D eigenvalue weighted by molar-refractivity contribution is 9.10. The summed E-state index contributed by atoms with van der Waals surface area (Å²) in [6.45, 7) is 4.02. The molecule has 0 radical (unpaired) electrons. The zero-order valence-corrected chi connectivity index (χ0v) is 13.6. The highest BCUT2D eigenvalue weighted by Gasteiger charge is 2.12. The maximum Gasteiger partial charge on any atom is 0.133 e. The first-order valence-corrected chi connectivity index (χ1v) is 7.58. The van der Waals surface area contributed by atoms with Gasteiger partial charge in [0.1, 0.15) is 5.75 Å². The molecule has 0 bridgehead atoms. The van der Waals surface area contributed by atoms with E-state index in [2.05, 4.69) is 40.3 Å². The van der Waals surface area contributed by atoms with E-state index in [4.69, 9.17) is 9.47 Å². The summed E-state index contributed by atoms with van der Waals surface area (Å²) in [4.78, 5) is 0. The predicted octanol–water partition coefficient (Wildman–Crippen LogP) is 3.93. The van der Waals surface area contributed by atoms with E-state index in [9.17, 15) is 0 Å². The van der Waals surface area contributed by atoms with Crippen molar-refractivity contribution in [1.29, 1.82) is 0 Å². The van der Waals surface area contributed by atoms with Crippen LogP contribution < -0.4 is 10.1 Å². The maximum absolute atomic E-state index is 5.27. The predicted molar refractivity (Wildman–Crippen MR) is 82.8 cm³/mol. The van der Waals surface area contributed by atoms with Gasteiger partial charge >= 0.3 is 0 Å². The molecule has 0 aliphatic heterocycles. The number of benzene rings is 1. The number of nitrogens with one attached hydrogen (secondary N) is 1. The molecule has 108 valence electrons. The summed E-state index contributed by atoms with van der Waals surface area (Å²) in [5.74, 6) is 0.870. The van der Waals surface area contributed by atoms with Crippen LogP contribution in [0.3, 0.4) is 0 Å². The molecule has 0 aromatic heterocycles. The monoisotopic (exact) mass is 329 g/mol. The third-order valence-corrected chi connectivity index (χ3v) is 3.68. The highest BCUT2D eigenvalue weighted by atomic mass is 79.9. The van der Waals surface area contributed by atoms with E-state index in [0.717, 1.165) is 42.6 Å². The zero-order chi connectivity index (χ0) is 14.1. The minimum Gasteiger partial charge on any atom is -0.496 e. The summed E-state index contributed by atoms with van der Waals surface area (Å²) in [6.07, 6.45) is 3.27. The Morgan fingerprint density at radius 2 is 2.11 bits per heavy atom. The van der Waals surface area contributed by atoms with Crippen molar-refractivity contribution < 1.29 is 9.47 Å². The van der Waals surface area contributed by atoms with Gasteiger partial charge in [-0.2, -0.15) is 0 Å². The average Bonchev–Trinajstić information content (AvgIpc) is 2.42. The second kappa shape index (κ2) is 9.34. The van der Waals surface area contributed by atoms with Gasteiger partial charge in [0.05, 0.1) is 11.6 Å². The lowest BCUT2D eigenvalue weighted by Gasteiger charge is -2.19. The Morgan fingerprint density at radius 1 is 1.32 bits per heavy atom. The van der Waals surface area contributed by atoms with Crippen LogP contribution in [0.15, 0.2) is 22.7 Å². The Labute approximate surface area is 124 Å². The molecule has 1 aromatic carbocycles. The number of hydrogen-bond donors (Lipinski definition) is 1. The standard InChI is InChI=1S/C15H24BrNO2/c1-4-9-17-14(6-5-10-18-2)12-7-8-15(19-3)13(16)11-12/h7-8,11,14,17H,4-6,9-10H2,1-3H3. The van der Waals surface area contributed by atoms with Crippen LogP contribution in [-0.2, 0) is 4.74 Å². The van der Waals surface area contributed by atoms with Gasteiger partial charge in [0.2, 0.25) is 0 Å². The van der Waals surface area contributed by atoms with E-state index in [1.54, 1.807) is 14.2 Å². The van der Waals surface area contributed by atoms with E-state index in [-0.39, 0.29) is 0 Å². The Morgan fingerprint density at radius 3 is 2.68 bits per heavy atom. The molecule has 4 heteroatoms. The molecule has 3 nitrogen and oxygen atoms in total. The fourth-order valence-electron chi connectivity index (χ4n) is 2.04. The van der Waals surface area contributed by atoms with Gasteiger partial charge in [0.25, 0.3) is 0 Å². The third kappa shape index (κ3) is 5.51. The molecule has 0 fully saturated rings. The summed E-state index contributed by atoms with van der Waals surface area (Å²) in [7, 11) is 3.43. The van der Waals surface area contributed by atoms with Crippen molar-refractivity contribution in [2.45, 2.75) is 32.2 Å². The molecule has 0 aliphatic carbocycles. The van der Waals surface area contributed by atoms with Crippen LogP contribution in [-0.4, -0.2) is 27.4 Å². The lowest BCUT2D eigenvalue weighted by Crippen LogP contribution is -2.22. The third-order valence-electron chi connectivity index (χ3n) is 3.06. The molecule has 1 unspecified atom stereocenters. The zero-order valence-electron chi connectivity index (χ0n) is 12.0. The number of hydrogen-bond acceptors (Lipinski definition) is 3. The Kier molecular flexibility index (Phi) is 8.10. The number of ether oxygens (including phenoxy) is 2. The van der Waals surface area contributed by atoms with Crippen LogP contribution in [0, 0.1) is 0 Å². The van der Waals surface area contributed by atoms with E-state index in [0.29, 0.717) is 6.04 Å². The summed E-state index contributed by atoms with van der Waals surface area (Å²) >= 11 is 3.55. The Hall–Kier alpha value is -0.580. The SMILES string of the molecule is CCCNC(CCCOC)c1ccc(OC)c(Br)c1. The molecular formula is C15H24BrNO2. The molecule has 1 rings (SSSR count). The topological polar surface area (TPSA) is 30.5 Å². The van der Waals surface area contributed by atoms with Gasteiger partial charge < -0.3 is 14.8 Å². The second-order valence-electron chi connectivity index (χ2n) is 4.54. The van der Waals surface area contributed by atoms with E-state index in [1.807, 2.05) is 6.07 Å². The molecule has 0 saturated heterocycles.